The average molecular weight is 300 g/mol. The molecule has 0 aromatic carbocycles. The molecule has 0 saturated heterocycles. The molecule has 3 N–H and O–H groups in total. The number of hydrogen-bond donors (Lipinski definition) is 3. The molecular weight excluding hydrogens is 280 g/mol. The maximum atomic E-state index is 11.5. The van der Waals surface area contributed by atoms with Crippen LogP contribution in [-0.4, -0.2) is 33.8 Å². The number of anilines is 1. The minimum atomic E-state index is -0.869. The molecule has 2 amide bonds. The average Bonchev–Trinajstić information content (AvgIpc) is 2.84. The van der Waals surface area contributed by atoms with Crippen LogP contribution < -0.4 is 10.6 Å². The van der Waals surface area contributed by atoms with Gasteiger partial charge in [-0.2, -0.15) is 0 Å². The first-order valence-corrected chi connectivity index (χ1v) is 7.48. The monoisotopic (exact) mass is 300 g/mol. The van der Waals surface area contributed by atoms with Crippen molar-refractivity contribution in [2.24, 2.45) is 0 Å². The van der Waals surface area contributed by atoms with Gasteiger partial charge in [0.25, 0.3) is 0 Å². The Morgan fingerprint density at radius 2 is 2.00 bits per heavy atom. The summed E-state index contributed by atoms with van der Waals surface area (Å²) >= 11 is 1.37. The third kappa shape index (κ3) is 5.52. The Bertz CT molecular complexity index is 446. The molecule has 0 fully saturated rings. The van der Waals surface area contributed by atoms with E-state index in [-0.39, 0.29) is 12.5 Å². The standard InChI is InChI=1S/C12H20N4O3S/c1-3-8(4-2)10-15-16-12(20-10)14-11(19)13-7-5-6-9(17)18/h8H,3-7H2,1-2H3,(H,17,18)(H2,13,14,16,19). The van der Waals surface area contributed by atoms with Crippen molar-refractivity contribution < 1.29 is 14.7 Å². The summed E-state index contributed by atoms with van der Waals surface area (Å²) in [5, 5.41) is 23.0. The van der Waals surface area contributed by atoms with E-state index < -0.39 is 5.97 Å². The molecule has 1 rings (SSSR count). The fourth-order valence-electron chi connectivity index (χ4n) is 1.67. The Balaban J connectivity index is 2.37. The van der Waals surface area contributed by atoms with Crippen molar-refractivity contribution in [1.29, 1.82) is 0 Å². The van der Waals surface area contributed by atoms with Crippen LogP contribution in [0.4, 0.5) is 9.93 Å². The molecule has 7 nitrogen and oxygen atoms in total. The fourth-order valence-corrected chi connectivity index (χ4v) is 2.68. The van der Waals surface area contributed by atoms with Gasteiger partial charge in [0.05, 0.1) is 0 Å². The number of hydrogen-bond acceptors (Lipinski definition) is 5. The highest BCUT2D eigenvalue weighted by atomic mass is 32.1. The van der Waals surface area contributed by atoms with Crippen molar-refractivity contribution in [3.8, 4) is 0 Å². The summed E-state index contributed by atoms with van der Waals surface area (Å²) in [5.41, 5.74) is 0. The highest BCUT2D eigenvalue weighted by Gasteiger charge is 2.14. The van der Waals surface area contributed by atoms with Crippen molar-refractivity contribution in [2.45, 2.75) is 45.4 Å². The Labute approximate surface area is 121 Å². The molecule has 1 aromatic rings. The normalized spacial score (nSPS) is 10.6. The molecule has 0 radical (unpaired) electrons. The third-order valence-electron chi connectivity index (χ3n) is 2.85. The molecule has 8 heteroatoms. The van der Waals surface area contributed by atoms with Gasteiger partial charge in [-0.3, -0.25) is 10.1 Å². The van der Waals surface area contributed by atoms with Crippen LogP contribution in [0.25, 0.3) is 0 Å². The zero-order valence-electron chi connectivity index (χ0n) is 11.7. The van der Waals surface area contributed by atoms with Crippen LogP contribution in [0.5, 0.6) is 0 Å². The van der Waals surface area contributed by atoms with E-state index in [2.05, 4.69) is 34.7 Å². The van der Waals surface area contributed by atoms with Gasteiger partial charge in [-0.15, -0.1) is 10.2 Å². The van der Waals surface area contributed by atoms with E-state index >= 15 is 0 Å². The number of carbonyl (C=O) groups excluding carboxylic acids is 1. The highest BCUT2D eigenvalue weighted by molar-refractivity contribution is 7.15. The number of nitrogens with zero attached hydrogens (tertiary/aromatic N) is 2. The van der Waals surface area contributed by atoms with Gasteiger partial charge in [0.1, 0.15) is 5.01 Å². The Morgan fingerprint density at radius 3 is 2.60 bits per heavy atom. The Kier molecular flexibility index (Phi) is 6.92. The van der Waals surface area contributed by atoms with Crippen molar-refractivity contribution >= 4 is 28.5 Å². The van der Waals surface area contributed by atoms with E-state index in [4.69, 9.17) is 5.11 Å². The van der Waals surface area contributed by atoms with Crippen LogP contribution in [0, 0.1) is 0 Å². The summed E-state index contributed by atoms with van der Waals surface area (Å²) < 4.78 is 0. The zero-order chi connectivity index (χ0) is 15.0. The number of aliphatic carboxylic acids is 1. The lowest BCUT2D eigenvalue weighted by molar-refractivity contribution is -0.137. The highest BCUT2D eigenvalue weighted by Crippen LogP contribution is 2.27. The fraction of sp³-hybridized carbons (Fsp3) is 0.667. The molecule has 20 heavy (non-hydrogen) atoms. The van der Waals surface area contributed by atoms with Crippen LogP contribution in [0.15, 0.2) is 0 Å². The molecule has 112 valence electrons. The summed E-state index contributed by atoms with van der Waals surface area (Å²) in [6.45, 7) is 4.51. The van der Waals surface area contributed by atoms with Crippen molar-refractivity contribution in [2.75, 3.05) is 11.9 Å². The molecule has 0 aliphatic heterocycles. The van der Waals surface area contributed by atoms with Gasteiger partial charge in [0.2, 0.25) is 5.13 Å². The second-order valence-electron chi connectivity index (χ2n) is 4.34. The lowest BCUT2D eigenvalue weighted by Crippen LogP contribution is -2.29. The minimum Gasteiger partial charge on any atom is -0.481 e. The molecule has 1 heterocycles. The number of nitrogens with one attached hydrogen (secondary N) is 2. The molecule has 0 aliphatic rings. The largest absolute Gasteiger partial charge is 0.481 e. The maximum absolute atomic E-state index is 11.5. The van der Waals surface area contributed by atoms with Crippen LogP contribution in [0.2, 0.25) is 0 Å². The number of carboxylic acid groups (broad SMARTS) is 1. The quantitative estimate of drug-likeness (QED) is 0.640. The van der Waals surface area contributed by atoms with Crippen molar-refractivity contribution in [1.82, 2.24) is 15.5 Å². The van der Waals surface area contributed by atoms with Crippen LogP contribution >= 0.6 is 11.3 Å². The first-order chi connectivity index (χ1) is 9.56. The number of carboxylic acids is 1. The first kappa shape index (κ1) is 16.4. The predicted octanol–water partition coefficient (Wildman–Crippen LogP) is 2.43. The summed E-state index contributed by atoms with van der Waals surface area (Å²) in [6, 6.07) is -0.386. The Morgan fingerprint density at radius 1 is 1.30 bits per heavy atom. The van der Waals surface area contributed by atoms with Crippen molar-refractivity contribution in [3.63, 3.8) is 0 Å². The molecule has 1 aromatic heterocycles. The topological polar surface area (TPSA) is 104 Å². The second kappa shape index (κ2) is 8.47. The predicted molar refractivity (Wildman–Crippen MR) is 77.1 cm³/mol. The zero-order valence-corrected chi connectivity index (χ0v) is 12.5. The number of aromatic nitrogens is 2. The van der Waals surface area contributed by atoms with E-state index in [0.717, 1.165) is 17.8 Å². The van der Waals surface area contributed by atoms with Gasteiger partial charge in [0, 0.05) is 18.9 Å². The van der Waals surface area contributed by atoms with E-state index in [1.807, 2.05) is 0 Å². The number of amides is 2. The maximum Gasteiger partial charge on any atom is 0.321 e. The Hall–Kier alpha value is -1.70. The van der Waals surface area contributed by atoms with Gasteiger partial charge in [0.15, 0.2) is 0 Å². The minimum absolute atomic E-state index is 0.0396. The number of rotatable bonds is 8. The van der Waals surface area contributed by atoms with Crippen molar-refractivity contribution in [3.05, 3.63) is 5.01 Å². The van der Waals surface area contributed by atoms with Crippen LogP contribution in [-0.2, 0) is 4.79 Å². The van der Waals surface area contributed by atoms with E-state index in [9.17, 15) is 9.59 Å². The summed E-state index contributed by atoms with van der Waals surface area (Å²) in [7, 11) is 0. The number of carbonyl (C=O) groups is 2. The molecule has 0 atom stereocenters. The molecule has 0 aliphatic carbocycles. The lowest BCUT2D eigenvalue weighted by Gasteiger charge is -2.06. The molecular formula is C12H20N4O3S. The smallest absolute Gasteiger partial charge is 0.321 e. The summed E-state index contributed by atoms with van der Waals surface area (Å²) in [5.74, 6) is -0.493. The SMILES string of the molecule is CCC(CC)c1nnc(NC(=O)NCCCC(=O)O)s1. The van der Waals surface area contributed by atoms with Gasteiger partial charge in [-0.1, -0.05) is 25.2 Å². The molecule has 0 spiro atoms. The van der Waals surface area contributed by atoms with Crippen LogP contribution in [0.3, 0.4) is 0 Å². The van der Waals surface area contributed by atoms with Gasteiger partial charge in [-0.05, 0) is 19.3 Å². The third-order valence-corrected chi connectivity index (χ3v) is 3.85. The second-order valence-corrected chi connectivity index (χ2v) is 5.35. The van der Waals surface area contributed by atoms with Gasteiger partial charge >= 0.3 is 12.0 Å². The summed E-state index contributed by atoms with van der Waals surface area (Å²) in [6.07, 6.45) is 2.43. The van der Waals surface area contributed by atoms with Gasteiger partial charge < -0.3 is 10.4 Å². The van der Waals surface area contributed by atoms with E-state index in [1.54, 1.807) is 0 Å². The number of urea groups is 1. The van der Waals surface area contributed by atoms with Crippen LogP contribution in [0.1, 0.15) is 50.5 Å². The van der Waals surface area contributed by atoms with Gasteiger partial charge in [-0.25, -0.2) is 4.79 Å². The summed E-state index contributed by atoms with van der Waals surface area (Å²) in [4.78, 5) is 21.9. The first-order valence-electron chi connectivity index (χ1n) is 6.66. The van der Waals surface area contributed by atoms with E-state index in [0.29, 0.717) is 24.0 Å². The lowest BCUT2D eigenvalue weighted by atomic mass is 10.1. The van der Waals surface area contributed by atoms with E-state index in [1.165, 1.54) is 11.3 Å². The molecule has 0 unspecified atom stereocenters. The molecule has 0 saturated carbocycles. The molecule has 0 bridgehead atoms.